The molecule has 170 valence electrons. The van der Waals surface area contributed by atoms with Gasteiger partial charge in [-0.25, -0.2) is 4.84 Å². The van der Waals surface area contributed by atoms with E-state index >= 15 is 0 Å². The van der Waals surface area contributed by atoms with Gasteiger partial charge >= 0.3 is 0 Å². The molecule has 0 atom stereocenters. The first kappa shape index (κ1) is 25.3. The largest absolute Gasteiger partial charge is 0.492 e. The van der Waals surface area contributed by atoms with Crippen molar-refractivity contribution in [2.75, 3.05) is 26.3 Å². The van der Waals surface area contributed by atoms with Gasteiger partial charge in [0, 0.05) is 13.1 Å². The van der Waals surface area contributed by atoms with Gasteiger partial charge in [0.2, 0.25) is 0 Å². The zero-order valence-electron chi connectivity index (χ0n) is 18.4. The Morgan fingerprint density at radius 3 is 1.84 bits per heavy atom. The average molecular weight is 457 g/mol. The SMILES string of the molecule is Cc1cc(/C=C/C(=O)CC(=O)/C=C/c2ccc(OCCNCl)c(C)c2)ccc1OCCN. The fourth-order valence-electron chi connectivity index (χ4n) is 2.91. The highest BCUT2D eigenvalue weighted by Crippen LogP contribution is 2.21. The summed E-state index contributed by atoms with van der Waals surface area (Å²) in [6.07, 6.45) is 6.05. The number of rotatable bonds is 13. The van der Waals surface area contributed by atoms with Gasteiger partial charge in [0.15, 0.2) is 11.6 Å². The third kappa shape index (κ3) is 8.67. The zero-order chi connectivity index (χ0) is 23.3. The van der Waals surface area contributed by atoms with Crippen molar-refractivity contribution in [1.82, 2.24) is 4.84 Å². The van der Waals surface area contributed by atoms with E-state index in [0.29, 0.717) is 26.3 Å². The molecule has 3 N–H and O–H groups in total. The Morgan fingerprint density at radius 1 is 0.906 bits per heavy atom. The van der Waals surface area contributed by atoms with Gasteiger partial charge in [-0.3, -0.25) is 9.59 Å². The maximum atomic E-state index is 12.2. The van der Waals surface area contributed by atoms with E-state index in [1.54, 1.807) is 12.2 Å². The van der Waals surface area contributed by atoms with Crippen molar-refractivity contribution in [2.24, 2.45) is 5.73 Å². The van der Waals surface area contributed by atoms with E-state index in [-0.39, 0.29) is 18.0 Å². The second-order valence-corrected chi connectivity index (χ2v) is 7.46. The lowest BCUT2D eigenvalue weighted by Gasteiger charge is -2.09. The Kier molecular flexibility index (Phi) is 10.7. The first-order valence-corrected chi connectivity index (χ1v) is 10.7. The number of hydrogen-bond acceptors (Lipinski definition) is 6. The average Bonchev–Trinajstić information content (AvgIpc) is 2.77. The number of carbonyl (C=O) groups is 2. The van der Waals surface area contributed by atoms with E-state index in [4.69, 9.17) is 27.0 Å². The molecule has 7 heteroatoms. The van der Waals surface area contributed by atoms with Gasteiger partial charge in [0.25, 0.3) is 0 Å². The summed E-state index contributed by atoms with van der Waals surface area (Å²) in [5.41, 5.74) is 9.06. The summed E-state index contributed by atoms with van der Waals surface area (Å²) in [5.74, 6) is 1.01. The van der Waals surface area contributed by atoms with Crippen LogP contribution in [0, 0.1) is 13.8 Å². The smallest absolute Gasteiger partial charge is 0.163 e. The van der Waals surface area contributed by atoms with E-state index in [0.717, 1.165) is 33.8 Å². The number of nitrogens with one attached hydrogen (secondary N) is 1. The molecule has 0 bridgehead atoms. The molecule has 0 heterocycles. The first-order valence-electron chi connectivity index (χ1n) is 10.3. The summed E-state index contributed by atoms with van der Waals surface area (Å²) in [6.45, 7) is 5.75. The molecule has 0 fully saturated rings. The van der Waals surface area contributed by atoms with Crippen LogP contribution in [-0.2, 0) is 9.59 Å². The number of benzene rings is 2. The van der Waals surface area contributed by atoms with Crippen LogP contribution in [-0.4, -0.2) is 37.9 Å². The van der Waals surface area contributed by atoms with Crippen LogP contribution >= 0.6 is 11.8 Å². The van der Waals surface area contributed by atoms with E-state index in [9.17, 15) is 9.59 Å². The summed E-state index contributed by atoms with van der Waals surface area (Å²) in [4.78, 5) is 26.8. The fraction of sp³-hybridized carbons (Fsp3) is 0.280. The quantitative estimate of drug-likeness (QED) is 0.205. The maximum Gasteiger partial charge on any atom is 0.163 e. The summed E-state index contributed by atoms with van der Waals surface area (Å²) in [5, 5.41) is 0. The van der Waals surface area contributed by atoms with Crippen LogP contribution in [0.3, 0.4) is 0 Å². The highest BCUT2D eigenvalue weighted by atomic mass is 35.5. The number of ether oxygens (including phenoxy) is 2. The van der Waals surface area contributed by atoms with E-state index < -0.39 is 0 Å². The molecule has 0 aromatic heterocycles. The van der Waals surface area contributed by atoms with Crippen LogP contribution in [0.15, 0.2) is 48.6 Å². The minimum absolute atomic E-state index is 0.185. The zero-order valence-corrected chi connectivity index (χ0v) is 19.2. The number of halogens is 1. The first-order chi connectivity index (χ1) is 15.4. The second-order valence-electron chi connectivity index (χ2n) is 7.20. The maximum absolute atomic E-state index is 12.2. The molecule has 32 heavy (non-hydrogen) atoms. The molecule has 0 spiro atoms. The number of aryl methyl sites for hydroxylation is 2. The van der Waals surface area contributed by atoms with E-state index in [2.05, 4.69) is 4.84 Å². The van der Waals surface area contributed by atoms with Crippen molar-refractivity contribution in [2.45, 2.75) is 20.3 Å². The third-order valence-corrected chi connectivity index (χ3v) is 4.69. The normalized spacial score (nSPS) is 11.2. The van der Waals surface area contributed by atoms with Crippen LogP contribution in [0.25, 0.3) is 12.2 Å². The molecular formula is C25H29ClN2O4. The number of allylic oxidation sites excluding steroid dienone is 2. The van der Waals surface area contributed by atoms with Crippen molar-refractivity contribution in [1.29, 1.82) is 0 Å². The number of nitrogens with two attached hydrogens (primary N) is 1. The van der Waals surface area contributed by atoms with E-state index in [1.807, 2.05) is 50.2 Å². The number of hydrogen-bond donors (Lipinski definition) is 2. The molecule has 0 saturated heterocycles. The molecule has 2 rings (SSSR count). The minimum atomic E-state index is -0.257. The standard InChI is InChI=1S/C25H29ClN2O4/c1-18-15-20(5-9-24(18)31-13-11-27)3-7-22(29)17-23(30)8-4-21-6-10-25(19(2)16-21)32-14-12-28-26/h3-10,15-16,28H,11-14,17,27H2,1-2H3/b7-3+,8-4+. The predicted molar refractivity (Wildman–Crippen MR) is 129 cm³/mol. The lowest BCUT2D eigenvalue weighted by molar-refractivity contribution is -0.121. The van der Waals surface area contributed by atoms with Crippen molar-refractivity contribution < 1.29 is 19.1 Å². The van der Waals surface area contributed by atoms with Crippen molar-refractivity contribution in [3.8, 4) is 11.5 Å². The van der Waals surface area contributed by atoms with Crippen LogP contribution in [0.4, 0.5) is 0 Å². The van der Waals surface area contributed by atoms with E-state index in [1.165, 1.54) is 12.2 Å². The predicted octanol–water partition coefficient (Wildman–Crippen LogP) is 4.02. The van der Waals surface area contributed by atoms with Crippen molar-refractivity contribution in [3.05, 3.63) is 70.8 Å². The molecule has 0 unspecified atom stereocenters. The van der Waals surface area contributed by atoms with Crippen LogP contribution in [0.2, 0.25) is 0 Å². The summed E-state index contributed by atoms with van der Waals surface area (Å²) < 4.78 is 11.1. The molecule has 6 nitrogen and oxygen atoms in total. The molecule has 2 aromatic carbocycles. The lowest BCUT2D eigenvalue weighted by Crippen LogP contribution is -2.12. The number of ketones is 2. The molecule has 0 saturated carbocycles. The summed E-state index contributed by atoms with van der Waals surface area (Å²) in [7, 11) is 0. The Hall–Kier alpha value is -2.93. The lowest BCUT2D eigenvalue weighted by atomic mass is 10.1. The van der Waals surface area contributed by atoms with Gasteiger partial charge in [-0.1, -0.05) is 24.3 Å². The fourth-order valence-corrected chi connectivity index (χ4v) is 2.99. The Labute approximate surface area is 194 Å². The topological polar surface area (TPSA) is 90.7 Å². The summed E-state index contributed by atoms with van der Waals surface area (Å²) in [6, 6.07) is 11.2. The van der Waals surface area contributed by atoms with Gasteiger partial charge in [0.1, 0.15) is 24.7 Å². The molecule has 0 aliphatic heterocycles. The van der Waals surface area contributed by atoms with Crippen LogP contribution in [0.1, 0.15) is 28.7 Å². The monoisotopic (exact) mass is 456 g/mol. The molecule has 0 radical (unpaired) electrons. The van der Waals surface area contributed by atoms with Gasteiger partial charge < -0.3 is 15.2 Å². The van der Waals surface area contributed by atoms with Gasteiger partial charge in [-0.15, -0.1) is 0 Å². The molecule has 2 aromatic rings. The second kappa shape index (κ2) is 13.5. The van der Waals surface area contributed by atoms with Crippen molar-refractivity contribution >= 4 is 35.5 Å². The van der Waals surface area contributed by atoms with Gasteiger partial charge in [0.05, 0.1) is 6.42 Å². The van der Waals surface area contributed by atoms with Gasteiger partial charge in [-0.2, -0.15) is 0 Å². The van der Waals surface area contributed by atoms with Gasteiger partial charge in [-0.05, 0) is 84.3 Å². The Morgan fingerprint density at radius 2 is 1.41 bits per heavy atom. The molecular weight excluding hydrogens is 428 g/mol. The highest BCUT2D eigenvalue weighted by molar-refractivity contribution is 6.13. The molecule has 0 amide bonds. The van der Waals surface area contributed by atoms with Crippen LogP contribution in [0.5, 0.6) is 11.5 Å². The molecule has 0 aliphatic carbocycles. The van der Waals surface area contributed by atoms with Crippen LogP contribution < -0.4 is 20.0 Å². The minimum Gasteiger partial charge on any atom is -0.492 e. The van der Waals surface area contributed by atoms with Crippen molar-refractivity contribution in [3.63, 3.8) is 0 Å². The Bertz CT molecular complexity index is 986. The Balaban J connectivity index is 1.88. The molecule has 0 aliphatic rings. The number of carbonyl (C=O) groups excluding carboxylic acids is 2. The highest BCUT2D eigenvalue weighted by Gasteiger charge is 2.05. The third-order valence-electron chi connectivity index (χ3n) is 4.50. The summed E-state index contributed by atoms with van der Waals surface area (Å²) >= 11 is 5.41.